The van der Waals surface area contributed by atoms with Crippen molar-refractivity contribution in [1.29, 1.82) is 0 Å². The van der Waals surface area contributed by atoms with E-state index in [4.69, 9.17) is 20.4 Å². The number of alkyl halides is 1. The van der Waals surface area contributed by atoms with Gasteiger partial charge in [-0.1, -0.05) is 0 Å². The zero-order valence-corrected chi connectivity index (χ0v) is 8.10. The van der Waals surface area contributed by atoms with Crippen molar-refractivity contribution in [1.82, 2.24) is 0 Å². The summed E-state index contributed by atoms with van der Waals surface area (Å²) >= 11 is 5.70. The summed E-state index contributed by atoms with van der Waals surface area (Å²) in [5.41, 5.74) is 0.534. The lowest BCUT2D eigenvalue weighted by Crippen LogP contribution is -2.34. The van der Waals surface area contributed by atoms with Crippen molar-refractivity contribution in [3.8, 4) is 0 Å². The van der Waals surface area contributed by atoms with E-state index in [2.05, 4.69) is 0 Å². The fraction of sp³-hybridized carbons (Fsp3) is 0.429. The lowest BCUT2D eigenvalue weighted by atomic mass is 10.7. The topological polar surface area (TPSA) is 22.4 Å². The van der Waals surface area contributed by atoms with Crippen molar-refractivity contribution in [2.24, 2.45) is 0 Å². The van der Waals surface area contributed by atoms with E-state index in [1.54, 1.807) is 6.26 Å². The van der Waals surface area contributed by atoms with E-state index in [9.17, 15) is 0 Å². The number of hydrogen-bond donors (Lipinski definition) is 0. The molecule has 1 aromatic rings. The molecule has 0 aliphatic rings. The first-order valence-electron chi connectivity index (χ1n) is 3.47. The van der Waals surface area contributed by atoms with Crippen molar-refractivity contribution >= 4 is 26.0 Å². The summed E-state index contributed by atoms with van der Waals surface area (Å²) in [4.78, 5) is 0. The van der Waals surface area contributed by atoms with Gasteiger partial charge in [-0.15, -0.1) is 11.6 Å². The molecule has 0 bridgehead atoms. The number of rotatable bonds is 4. The average Bonchev–Trinajstić information content (AvgIpc) is 2.52. The Bertz CT molecular complexity index is 188. The van der Waals surface area contributed by atoms with Crippen LogP contribution in [-0.2, 0) is 4.43 Å². The fourth-order valence-corrected chi connectivity index (χ4v) is 2.59. The summed E-state index contributed by atoms with van der Waals surface area (Å²) in [7, 11) is -1.07. The van der Waals surface area contributed by atoms with Crippen LogP contribution in [0.3, 0.4) is 0 Å². The van der Waals surface area contributed by atoms with E-state index in [0.29, 0.717) is 12.1 Å². The monoisotopic (exact) mass is 189 g/mol. The van der Waals surface area contributed by atoms with E-state index in [1.165, 1.54) is 0 Å². The van der Waals surface area contributed by atoms with Gasteiger partial charge in [0.25, 0.3) is 0 Å². The van der Waals surface area contributed by atoms with Gasteiger partial charge in [0.1, 0.15) is 5.38 Å². The molecule has 0 spiro atoms. The van der Waals surface area contributed by atoms with Crippen LogP contribution < -0.4 is 5.38 Å². The summed E-state index contributed by atoms with van der Waals surface area (Å²) in [5.74, 6) is 0. The molecule has 0 aromatic carbocycles. The van der Waals surface area contributed by atoms with Gasteiger partial charge in [0, 0.05) is 12.1 Å². The average molecular weight is 190 g/mol. The van der Waals surface area contributed by atoms with Crippen molar-refractivity contribution in [3.63, 3.8) is 0 Å². The third-order valence-corrected chi connectivity index (χ3v) is 3.68. The maximum atomic E-state index is 5.70. The first kappa shape index (κ1) is 8.84. The summed E-state index contributed by atoms with van der Waals surface area (Å²) in [6.45, 7) is 2.65. The Kier molecular flexibility index (Phi) is 3.69. The van der Waals surface area contributed by atoms with Crippen LogP contribution in [-0.4, -0.2) is 21.2 Å². The molecule has 1 heterocycles. The molecule has 0 unspecified atom stereocenters. The molecule has 4 heteroatoms. The van der Waals surface area contributed by atoms with E-state index in [-0.39, 0.29) is 0 Å². The molecule has 1 aromatic heterocycles. The largest absolute Gasteiger partial charge is 0.472 e. The van der Waals surface area contributed by atoms with Gasteiger partial charge in [0.2, 0.25) is 0 Å². The van der Waals surface area contributed by atoms with Crippen LogP contribution in [0, 0.1) is 0 Å². The quantitative estimate of drug-likeness (QED) is 0.526. The van der Waals surface area contributed by atoms with Crippen LogP contribution in [0.1, 0.15) is 6.92 Å². The predicted molar refractivity (Wildman–Crippen MR) is 46.4 cm³/mol. The summed E-state index contributed by atoms with van der Waals surface area (Å²) < 4.78 is 10.6. The second kappa shape index (κ2) is 4.59. The van der Waals surface area contributed by atoms with Crippen molar-refractivity contribution in [2.75, 3.05) is 12.1 Å². The molecule has 0 fully saturated rings. The van der Waals surface area contributed by atoms with Crippen LogP contribution in [0.5, 0.6) is 0 Å². The van der Waals surface area contributed by atoms with E-state index >= 15 is 0 Å². The van der Waals surface area contributed by atoms with Crippen molar-refractivity contribution in [3.05, 3.63) is 18.4 Å². The van der Waals surface area contributed by atoms with Crippen LogP contribution in [0.2, 0.25) is 0 Å². The van der Waals surface area contributed by atoms with Gasteiger partial charge in [0.15, 0.2) is 0 Å². The highest BCUT2D eigenvalue weighted by Crippen LogP contribution is 1.93. The first-order chi connectivity index (χ1) is 5.38. The van der Waals surface area contributed by atoms with E-state index < -0.39 is 9.04 Å². The van der Waals surface area contributed by atoms with Gasteiger partial charge >= 0.3 is 9.04 Å². The van der Waals surface area contributed by atoms with Crippen LogP contribution >= 0.6 is 11.6 Å². The highest BCUT2D eigenvalue weighted by atomic mass is 35.5. The Morgan fingerprint density at radius 2 is 2.55 bits per heavy atom. The second-order valence-corrected chi connectivity index (χ2v) is 4.66. The summed E-state index contributed by atoms with van der Waals surface area (Å²) in [6.07, 6.45) is 1.64. The van der Waals surface area contributed by atoms with E-state index in [1.807, 2.05) is 19.1 Å². The lowest BCUT2D eigenvalue weighted by molar-refractivity contribution is 0.348. The van der Waals surface area contributed by atoms with Gasteiger partial charge in [-0.2, -0.15) is 0 Å². The third-order valence-electron chi connectivity index (χ3n) is 1.24. The van der Waals surface area contributed by atoms with Gasteiger partial charge in [-0.3, -0.25) is 0 Å². The van der Waals surface area contributed by atoms with Crippen molar-refractivity contribution in [2.45, 2.75) is 6.92 Å². The Hall–Kier alpha value is -0.253. The molecule has 0 amide bonds. The van der Waals surface area contributed by atoms with Crippen LogP contribution in [0.25, 0.3) is 0 Å². The normalized spacial score (nSPS) is 10.8. The molecule has 0 saturated carbocycles. The minimum absolute atomic E-state index is 0.534. The number of halogens is 1. The Balaban J connectivity index is 2.56. The zero-order valence-electron chi connectivity index (χ0n) is 6.34. The number of hydrogen-bond acceptors (Lipinski definition) is 2. The lowest BCUT2D eigenvalue weighted by Gasteiger charge is -2.06. The second-order valence-electron chi connectivity index (χ2n) is 1.97. The highest BCUT2D eigenvalue weighted by molar-refractivity contribution is 6.72. The Morgan fingerprint density at radius 3 is 3.00 bits per heavy atom. The molecule has 11 heavy (non-hydrogen) atoms. The minimum atomic E-state index is -1.07. The molecule has 0 aliphatic heterocycles. The molecule has 0 aliphatic carbocycles. The molecule has 2 nitrogen and oxygen atoms in total. The predicted octanol–water partition coefficient (Wildman–Crippen LogP) is 1.29. The Labute approximate surface area is 72.8 Å². The molecule has 0 atom stereocenters. The molecule has 1 radical (unpaired) electrons. The van der Waals surface area contributed by atoms with Gasteiger partial charge in [0.05, 0.1) is 6.26 Å². The highest BCUT2D eigenvalue weighted by Gasteiger charge is 2.16. The molecule has 0 saturated heterocycles. The van der Waals surface area contributed by atoms with Crippen molar-refractivity contribution < 1.29 is 8.84 Å². The maximum Gasteiger partial charge on any atom is 0.305 e. The summed E-state index contributed by atoms with van der Waals surface area (Å²) in [5, 5.41) is 0.895. The SMILES string of the molecule is CCO[Si](CCl)c1ccco1. The zero-order chi connectivity index (χ0) is 8.10. The van der Waals surface area contributed by atoms with E-state index in [0.717, 1.165) is 5.38 Å². The van der Waals surface area contributed by atoms with Gasteiger partial charge in [-0.25, -0.2) is 0 Å². The maximum absolute atomic E-state index is 5.70. The molecular formula is C7H10ClO2Si. The summed E-state index contributed by atoms with van der Waals surface area (Å²) in [6, 6.07) is 3.76. The molecular weight excluding hydrogens is 180 g/mol. The minimum Gasteiger partial charge on any atom is -0.472 e. The molecule has 61 valence electrons. The smallest absolute Gasteiger partial charge is 0.305 e. The first-order valence-corrected chi connectivity index (χ1v) is 5.62. The van der Waals surface area contributed by atoms with Gasteiger partial charge < -0.3 is 8.84 Å². The fourth-order valence-electron chi connectivity index (χ4n) is 0.787. The third kappa shape index (κ3) is 2.36. The molecule has 1 rings (SSSR count). The van der Waals surface area contributed by atoms with Gasteiger partial charge in [-0.05, 0) is 19.1 Å². The number of furan rings is 1. The Morgan fingerprint density at radius 1 is 1.73 bits per heavy atom. The standard InChI is InChI=1S/C7H10ClO2Si/c1-2-10-11(6-8)7-4-3-5-9-7/h3-5H,2,6H2,1H3. The van der Waals surface area contributed by atoms with Crippen LogP contribution in [0.15, 0.2) is 22.8 Å². The van der Waals surface area contributed by atoms with Crippen LogP contribution in [0.4, 0.5) is 0 Å². The molecule has 0 N–H and O–H groups in total.